The average Bonchev–Trinajstić information content (AvgIpc) is 2.76. The van der Waals surface area contributed by atoms with Crippen molar-refractivity contribution in [1.82, 2.24) is 14.5 Å². The minimum absolute atomic E-state index is 0.195. The lowest BCUT2D eigenvalue weighted by Crippen LogP contribution is -2.10. The van der Waals surface area contributed by atoms with Gasteiger partial charge in [0, 0.05) is 19.2 Å². The molecule has 0 aliphatic heterocycles. The van der Waals surface area contributed by atoms with Crippen LogP contribution in [0.4, 0.5) is 0 Å². The van der Waals surface area contributed by atoms with Crippen LogP contribution in [0.1, 0.15) is 54.2 Å². The molecule has 2 heterocycles. The summed E-state index contributed by atoms with van der Waals surface area (Å²) < 4.78 is 2.01. The zero-order chi connectivity index (χ0) is 13.4. The van der Waals surface area contributed by atoms with Crippen LogP contribution >= 0.6 is 0 Å². The Kier molecular flexibility index (Phi) is 2.97. The number of aromatic nitrogens is 3. The first-order chi connectivity index (χ1) is 9.16. The van der Waals surface area contributed by atoms with E-state index in [0.29, 0.717) is 11.4 Å². The van der Waals surface area contributed by atoms with Gasteiger partial charge in [-0.15, -0.1) is 0 Å². The van der Waals surface area contributed by atoms with Gasteiger partial charge in [0.05, 0.1) is 5.56 Å². The van der Waals surface area contributed by atoms with Crippen LogP contribution in [-0.2, 0) is 7.05 Å². The molecule has 0 amide bonds. The number of hydrogen-bond acceptors (Lipinski definition) is 3. The predicted octanol–water partition coefficient (Wildman–Crippen LogP) is 2.71. The number of carbonyl (C=O) groups is 1. The van der Waals surface area contributed by atoms with Gasteiger partial charge in [-0.25, -0.2) is 14.8 Å². The largest absolute Gasteiger partial charge is 0.478 e. The van der Waals surface area contributed by atoms with Crippen LogP contribution in [0.25, 0.3) is 11.2 Å². The van der Waals surface area contributed by atoms with Gasteiger partial charge in [0.1, 0.15) is 11.3 Å². The molecule has 0 bridgehead atoms. The molecule has 0 saturated heterocycles. The number of rotatable bonds is 2. The number of fused-ring (bicyclic) bond motifs is 1. The van der Waals surface area contributed by atoms with Crippen molar-refractivity contribution in [3.05, 3.63) is 23.7 Å². The third kappa shape index (κ3) is 2.09. The Morgan fingerprint density at radius 3 is 2.79 bits per heavy atom. The highest BCUT2D eigenvalue weighted by Gasteiger charge is 2.22. The van der Waals surface area contributed by atoms with Crippen molar-refractivity contribution in [2.75, 3.05) is 0 Å². The molecule has 1 aliphatic rings. The van der Waals surface area contributed by atoms with E-state index in [-0.39, 0.29) is 5.56 Å². The van der Waals surface area contributed by atoms with E-state index < -0.39 is 5.97 Å². The van der Waals surface area contributed by atoms with Crippen molar-refractivity contribution in [2.45, 2.75) is 38.0 Å². The standard InChI is InChI=1S/C14H17N3O2/c1-17-12(9-5-3-2-4-6-9)16-11-7-10(14(18)19)8-15-13(11)17/h7-9H,2-6H2,1H3,(H,18,19). The maximum absolute atomic E-state index is 11.0. The molecule has 100 valence electrons. The normalized spacial score (nSPS) is 16.9. The zero-order valence-electron chi connectivity index (χ0n) is 11.0. The van der Waals surface area contributed by atoms with Gasteiger partial charge in [-0.2, -0.15) is 0 Å². The topological polar surface area (TPSA) is 68.0 Å². The lowest BCUT2D eigenvalue weighted by Gasteiger charge is -2.20. The van der Waals surface area contributed by atoms with Gasteiger partial charge in [0.25, 0.3) is 0 Å². The van der Waals surface area contributed by atoms with Gasteiger partial charge in [0.15, 0.2) is 5.65 Å². The van der Waals surface area contributed by atoms with E-state index in [0.717, 1.165) is 11.5 Å². The number of imidazole rings is 1. The molecule has 0 aromatic carbocycles. The van der Waals surface area contributed by atoms with E-state index in [4.69, 9.17) is 5.11 Å². The second-order valence-electron chi connectivity index (χ2n) is 5.24. The number of carboxylic acid groups (broad SMARTS) is 1. The lowest BCUT2D eigenvalue weighted by atomic mass is 9.89. The van der Waals surface area contributed by atoms with Crippen molar-refractivity contribution in [1.29, 1.82) is 0 Å². The summed E-state index contributed by atoms with van der Waals surface area (Å²) in [5.41, 5.74) is 1.65. The molecule has 3 rings (SSSR count). The minimum Gasteiger partial charge on any atom is -0.478 e. The van der Waals surface area contributed by atoms with Crippen molar-refractivity contribution >= 4 is 17.1 Å². The van der Waals surface area contributed by atoms with Crippen molar-refractivity contribution in [2.24, 2.45) is 7.05 Å². The van der Waals surface area contributed by atoms with E-state index in [1.165, 1.54) is 38.3 Å². The third-order valence-electron chi connectivity index (χ3n) is 3.96. The minimum atomic E-state index is -0.959. The lowest BCUT2D eigenvalue weighted by molar-refractivity contribution is 0.0696. The van der Waals surface area contributed by atoms with Crippen LogP contribution in [0.5, 0.6) is 0 Å². The van der Waals surface area contributed by atoms with E-state index >= 15 is 0 Å². The first kappa shape index (κ1) is 12.1. The average molecular weight is 259 g/mol. The second kappa shape index (κ2) is 4.64. The summed E-state index contributed by atoms with van der Waals surface area (Å²) in [6.07, 6.45) is 7.55. The molecule has 0 unspecified atom stereocenters. The molecule has 0 spiro atoms. The quantitative estimate of drug-likeness (QED) is 0.900. The van der Waals surface area contributed by atoms with Crippen LogP contribution in [0, 0.1) is 0 Å². The molecule has 1 aliphatic carbocycles. The molecule has 1 fully saturated rings. The zero-order valence-corrected chi connectivity index (χ0v) is 11.0. The maximum Gasteiger partial charge on any atom is 0.337 e. The first-order valence-electron chi connectivity index (χ1n) is 6.72. The Morgan fingerprint density at radius 2 is 2.11 bits per heavy atom. The molecule has 2 aromatic heterocycles. The number of aryl methyl sites for hydroxylation is 1. The van der Waals surface area contributed by atoms with Gasteiger partial charge < -0.3 is 9.67 Å². The van der Waals surface area contributed by atoms with Crippen molar-refractivity contribution < 1.29 is 9.90 Å². The number of pyridine rings is 1. The van der Waals surface area contributed by atoms with E-state index in [1.54, 1.807) is 6.07 Å². The fraction of sp³-hybridized carbons (Fsp3) is 0.500. The van der Waals surface area contributed by atoms with Crippen LogP contribution < -0.4 is 0 Å². The van der Waals surface area contributed by atoms with Gasteiger partial charge in [-0.05, 0) is 18.9 Å². The predicted molar refractivity (Wildman–Crippen MR) is 71.3 cm³/mol. The Morgan fingerprint density at radius 1 is 1.37 bits per heavy atom. The van der Waals surface area contributed by atoms with Crippen LogP contribution in [0.3, 0.4) is 0 Å². The number of aromatic carboxylic acids is 1. The van der Waals surface area contributed by atoms with Crippen LogP contribution in [-0.4, -0.2) is 25.6 Å². The molecule has 0 radical (unpaired) electrons. The summed E-state index contributed by atoms with van der Waals surface area (Å²) in [7, 11) is 1.96. The number of carboxylic acids is 1. The van der Waals surface area contributed by atoms with Gasteiger partial charge in [-0.3, -0.25) is 0 Å². The highest BCUT2D eigenvalue weighted by Crippen LogP contribution is 2.33. The Balaban J connectivity index is 2.06. The molecular weight excluding hydrogens is 242 g/mol. The summed E-state index contributed by atoms with van der Waals surface area (Å²) in [5, 5.41) is 8.99. The summed E-state index contributed by atoms with van der Waals surface area (Å²) in [6, 6.07) is 1.61. The summed E-state index contributed by atoms with van der Waals surface area (Å²) in [5.74, 6) is 0.574. The molecule has 1 saturated carbocycles. The number of hydrogen-bond donors (Lipinski definition) is 1. The Labute approximate surface area is 111 Å². The first-order valence-corrected chi connectivity index (χ1v) is 6.72. The number of nitrogens with zero attached hydrogens (tertiary/aromatic N) is 3. The SMILES string of the molecule is Cn1c(C2CCCCC2)nc2cc(C(=O)O)cnc21. The van der Waals surface area contributed by atoms with Gasteiger partial charge in [0.2, 0.25) is 0 Å². The molecule has 1 N–H and O–H groups in total. The maximum atomic E-state index is 11.0. The van der Waals surface area contributed by atoms with E-state index in [9.17, 15) is 4.79 Å². The molecule has 5 heteroatoms. The Bertz CT molecular complexity index is 627. The van der Waals surface area contributed by atoms with Crippen LogP contribution in [0.15, 0.2) is 12.3 Å². The van der Waals surface area contributed by atoms with Crippen molar-refractivity contribution in [3.63, 3.8) is 0 Å². The molecule has 0 atom stereocenters. The Hall–Kier alpha value is -1.91. The molecule has 5 nitrogen and oxygen atoms in total. The van der Waals surface area contributed by atoms with Crippen molar-refractivity contribution in [3.8, 4) is 0 Å². The third-order valence-corrected chi connectivity index (χ3v) is 3.96. The van der Waals surface area contributed by atoms with Gasteiger partial charge >= 0.3 is 5.97 Å². The summed E-state index contributed by atoms with van der Waals surface area (Å²) >= 11 is 0. The van der Waals surface area contributed by atoms with Crippen LogP contribution in [0.2, 0.25) is 0 Å². The van der Waals surface area contributed by atoms with E-state index in [2.05, 4.69) is 9.97 Å². The summed E-state index contributed by atoms with van der Waals surface area (Å²) in [6.45, 7) is 0. The van der Waals surface area contributed by atoms with E-state index in [1.807, 2.05) is 11.6 Å². The van der Waals surface area contributed by atoms with Gasteiger partial charge in [-0.1, -0.05) is 19.3 Å². The molecular formula is C14H17N3O2. The second-order valence-corrected chi connectivity index (χ2v) is 5.24. The molecule has 19 heavy (non-hydrogen) atoms. The fourth-order valence-electron chi connectivity index (χ4n) is 2.94. The monoisotopic (exact) mass is 259 g/mol. The summed E-state index contributed by atoms with van der Waals surface area (Å²) in [4.78, 5) is 19.8. The fourth-order valence-corrected chi connectivity index (χ4v) is 2.94. The highest BCUT2D eigenvalue weighted by molar-refractivity contribution is 5.90. The smallest absolute Gasteiger partial charge is 0.337 e. The molecule has 2 aromatic rings. The highest BCUT2D eigenvalue weighted by atomic mass is 16.4.